The standard InChI is InChI=1S/C35H34O12S2/c1-23-14-18-27(19-15-23)48(38,39)43-22-29-30(45-33(36)25-10-6-4-7-11-25)31(46-34(37)26-12-8-5-9-13-26)32(35(42-3)44-29)47-49(40,41)28-20-16-24(2)17-21-28/h4-21,29-32,35H,22H2,1-3H3/t29-,30+,31+,32+,35-/m1/s1. The molecule has 0 bridgehead atoms. The second-order valence-electron chi connectivity index (χ2n) is 11.1. The number of carbonyl (C=O) groups is 2. The molecule has 1 saturated heterocycles. The van der Waals surface area contributed by atoms with Crippen molar-refractivity contribution in [3.8, 4) is 0 Å². The molecule has 14 heteroatoms. The Morgan fingerprint density at radius 1 is 0.612 bits per heavy atom. The summed E-state index contributed by atoms with van der Waals surface area (Å²) in [6.07, 6.45) is -8.21. The molecule has 5 rings (SSSR count). The molecule has 12 nitrogen and oxygen atoms in total. The van der Waals surface area contributed by atoms with Crippen LogP contribution in [0.5, 0.6) is 0 Å². The molecular weight excluding hydrogens is 677 g/mol. The molecule has 4 aromatic rings. The number of benzene rings is 4. The van der Waals surface area contributed by atoms with E-state index in [-0.39, 0.29) is 20.9 Å². The molecule has 1 fully saturated rings. The van der Waals surface area contributed by atoms with Crippen LogP contribution in [0.2, 0.25) is 0 Å². The minimum Gasteiger partial charge on any atom is -0.452 e. The Morgan fingerprint density at radius 3 is 1.53 bits per heavy atom. The van der Waals surface area contributed by atoms with Gasteiger partial charge in [0.05, 0.1) is 27.5 Å². The van der Waals surface area contributed by atoms with Gasteiger partial charge in [-0.3, -0.25) is 8.37 Å². The third kappa shape index (κ3) is 8.78. The van der Waals surface area contributed by atoms with E-state index in [0.29, 0.717) is 0 Å². The monoisotopic (exact) mass is 710 g/mol. The van der Waals surface area contributed by atoms with E-state index in [1.54, 1.807) is 74.5 Å². The topological polar surface area (TPSA) is 158 Å². The molecule has 0 aliphatic carbocycles. The zero-order chi connectivity index (χ0) is 35.2. The molecule has 0 aromatic heterocycles. The minimum absolute atomic E-state index is 0.0889. The Morgan fingerprint density at radius 2 is 1.06 bits per heavy atom. The summed E-state index contributed by atoms with van der Waals surface area (Å²) < 4.78 is 87.6. The van der Waals surface area contributed by atoms with Gasteiger partial charge >= 0.3 is 11.9 Å². The molecule has 0 spiro atoms. The number of hydrogen-bond donors (Lipinski definition) is 0. The minimum atomic E-state index is -4.57. The van der Waals surface area contributed by atoms with Crippen molar-refractivity contribution in [3.63, 3.8) is 0 Å². The van der Waals surface area contributed by atoms with Crippen LogP contribution in [0, 0.1) is 13.8 Å². The van der Waals surface area contributed by atoms with Crippen molar-refractivity contribution in [1.29, 1.82) is 0 Å². The lowest BCUT2D eigenvalue weighted by Gasteiger charge is -2.43. The van der Waals surface area contributed by atoms with Gasteiger partial charge in [0.25, 0.3) is 20.2 Å². The van der Waals surface area contributed by atoms with Gasteiger partial charge in [-0.05, 0) is 62.4 Å². The van der Waals surface area contributed by atoms with Gasteiger partial charge in [0.2, 0.25) is 0 Å². The number of methoxy groups -OCH3 is 1. The van der Waals surface area contributed by atoms with Crippen LogP contribution in [-0.2, 0) is 47.5 Å². The highest BCUT2D eigenvalue weighted by Gasteiger charge is 2.53. The number of hydrogen-bond acceptors (Lipinski definition) is 12. The van der Waals surface area contributed by atoms with Crippen LogP contribution in [0.3, 0.4) is 0 Å². The first-order chi connectivity index (χ1) is 23.4. The molecule has 4 aromatic carbocycles. The molecule has 258 valence electrons. The highest BCUT2D eigenvalue weighted by atomic mass is 32.2. The van der Waals surface area contributed by atoms with Gasteiger partial charge in [0.1, 0.15) is 6.10 Å². The first-order valence-electron chi connectivity index (χ1n) is 15.0. The SMILES string of the molecule is CO[C@@H]1O[C@H](COS(=O)(=O)c2ccc(C)cc2)[C@H](OC(=O)c2ccccc2)[C@H](OC(=O)c2ccccc2)[C@@H]1OS(=O)(=O)c1ccc(C)cc1. The maximum absolute atomic E-state index is 13.6. The van der Waals surface area contributed by atoms with Gasteiger partial charge in [-0.25, -0.2) is 9.59 Å². The zero-order valence-corrected chi connectivity index (χ0v) is 28.3. The Bertz CT molecular complexity index is 1950. The van der Waals surface area contributed by atoms with Crippen LogP contribution in [0.1, 0.15) is 31.8 Å². The van der Waals surface area contributed by atoms with E-state index in [0.717, 1.165) is 11.1 Å². The zero-order valence-electron chi connectivity index (χ0n) is 26.7. The second-order valence-corrected chi connectivity index (χ2v) is 14.3. The molecule has 1 heterocycles. The quantitative estimate of drug-likeness (QED) is 0.149. The van der Waals surface area contributed by atoms with E-state index in [4.69, 9.17) is 27.3 Å². The van der Waals surface area contributed by atoms with Gasteiger partial charge in [-0.1, -0.05) is 71.8 Å². The Hall–Kier alpha value is -4.44. The first-order valence-corrected chi connectivity index (χ1v) is 17.9. The van der Waals surface area contributed by atoms with Crippen molar-refractivity contribution < 1.29 is 53.7 Å². The Kier molecular flexibility index (Phi) is 11.3. The maximum atomic E-state index is 13.6. The Labute approximate surface area is 284 Å². The average molecular weight is 711 g/mol. The number of ether oxygens (including phenoxy) is 4. The summed E-state index contributed by atoms with van der Waals surface area (Å²) >= 11 is 0. The van der Waals surface area contributed by atoms with Crippen molar-refractivity contribution in [3.05, 3.63) is 131 Å². The molecule has 0 amide bonds. The van der Waals surface area contributed by atoms with Gasteiger partial charge in [0.15, 0.2) is 24.6 Å². The lowest BCUT2D eigenvalue weighted by molar-refractivity contribution is -0.285. The number of carbonyl (C=O) groups excluding carboxylic acids is 2. The van der Waals surface area contributed by atoms with Crippen molar-refractivity contribution in [2.75, 3.05) is 13.7 Å². The normalized spacial score (nSPS) is 21.1. The van der Waals surface area contributed by atoms with Crippen LogP contribution in [0.15, 0.2) is 119 Å². The predicted molar refractivity (Wildman–Crippen MR) is 175 cm³/mol. The summed E-state index contributed by atoms with van der Waals surface area (Å²) in [5.41, 5.74) is 1.80. The van der Waals surface area contributed by atoms with E-state index >= 15 is 0 Å². The molecule has 1 aliphatic rings. The summed E-state index contributed by atoms with van der Waals surface area (Å²) in [4.78, 5) is 26.6. The van der Waals surface area contributed by atoms with E-state index in [2.05, 4.69) is 0 Å². The Balaban J connectivity index is 1.55. The highest BCUT2D eigenvalue weighted by Crippen LogP contribution is 2.33. The first kappa shape index (κ1) is 35.9. The van der Waals surface area contributed by atoms with Crippen LogP contribution >= 0.6 is 0 Å². The van der Waals surface area contributed by atoms with Crippen molar-refractivity contribution in [2.45, 2.75) is 54.3 Å². The summed E-state index contributed by atoms with van der Waals surface area (Å²) in [6, 6.07) is 27.3. The van der Waals surface area contributed by atoms with Crippen molar-refractivity contribution in [2.24, 2.45) is 0 Å². The summed E-state index contributed by atoms with van der Waals surface area (Å²) in [5, 5.41) is 0. The molecule has 0 N–H and O–H groups in total. The maximum Gasteiger partial charge on any atom is 0.338 e. The van der Waals surface area contributed by atoms with Gasteiger partial charge in [-0.15, -0.1) is 0 Å². The fourth-order valence-corrected chi connectivity index (χ4v) is 6.94. The van der Waals surface area contributed by atoms with Crippen LogP contribution in [-0.4, -0.2) is 73.2 Å². The summed E-state index contributed by atoms with van der Waals surface area (Å²) in [5.74, 6) is -1.83. The third-order valence-electron chi connectivity index (χ3n) is 7.57. The predicted octanol–water partition coefficient (Wildman–Crippen LogP) is 4.61. The van der Waals surface area contributed by atoms with Gasteiger partial charge in [0, 0.05) is 7.11 Å². The van der Waals surface area contributed by atoms with Crippen LogP contribution in [0.25, 0.3) is 0 Å². The third-order valence-corrected chi connectivity index (χ3v) is 10.2. The van der Waals surface area contributed by atoms with E-state index in [9.17, 15) is 26.4 Å². The van der Waals surface area contributed by atoms with Crippen LogP contribution in [0.4, 0.5) is 0 Å². The van der Waals surface area contributed by atoms with Crippen LogP contribution < -0.4 is 0 Å². The highest BCUT2D eigenvalue weighted by molar-refractivity contribution is 7.87. The van der Waals surface area contributed by atoms with E-state index in [1.165, 1.54) is 55.6 Å². The fraction of sp³-hybridized carbons (Fsp3) is 0.257. The fourth-order valence-electron chi connectivity index (χ4n) is 4.95. The van der Waals surface area contributed by atoms with Crippen molar-refractivity contribution in [1.82, 2.24) is 0 Å². The van der Waals surface area contributed by atoms with E-state index < -0.39 is 69.5 Å². The lowest BCUT2D eigenvalue weighted by atomic mass is 9.98. The van der Waals surface area contributed by atoms with Gasteiger partial charge in [-0.2, -0.15) is 16.8 Å². The molecule has 1 aliphatic heterocycles. The number of rotatable bonds is 12. The van der Waals surface area contributed by atoms with Gasteiger partial charge < -0.3 is 18.9 Å². The molecule has 49 heavy (non-hydrogen) atoms. The largest absolute Gasteiger partial charge is 0.452 e. The van der Waals surface area contributed by atoms with Crippen molar-refractivity contribution >= 4 is 32.2 Å². The second kappa shape index (κ2) is 15.4. The number of esters is 2. The molecule has 5 atom stereocenters. The lowest BCUT2D eigenvalue weighted by Crippen LogP contribution is -2.63. The summed E-state index contributed by atoms with van der Waals surface area (Å²) in [6.45, 7) is 2.82. The van der Waals surface area contributed by atoms with E-state index in [1.807, 2.05) is 0 Å². The summed E-state index contributed by atoms with van der Waals surface area (Å²) in [7, 11) is -7.75. The molecule has 0 saturated carbocycles. The molecule has 0 unspecified atom stereocenters. The molecule has 0 radical (unpaired) electrons. The molecular formula is C35H34O12S2. The smallest absolute Gasteiger partial charge is 0.338 e. The number of aryl methyl sites for hydroxylation is 2. The average Bonchev–Trinajstić information content (AvgIpc) is 3.10.